The van der Waals surface area contributed by atoms with Crippen LogP contribution in [0.5, 0.6) is 11.5 Å². The normalized spacial score (nSPS) is 11.7. The third-order valence-corrected chi connectivity index (χ3v) is 3.47. The lowest BCUT2D eigenvalue weighted by molar-refractivity contribution is 0.238. The fourth-order valence-corrected chi connectivity index (χ4v) is 2.44. The fraction of sp³-hybridized carbons (Fsp3) is 0.571. The highest BCUT2D eigenvalue weighted by Gasteiger charge is 2.12. The number of hydrogen-bond donors (Lipinski definition) is 2. The monoisotopic (exact) mass is 367 g/mol. The minimum Gasteiger partial charge on any atom is -0.492 e. The van der Waals surface area contributed by atoms with E-state index in [-0.39, 0.29) is 25.1 Å². The summed E-state index contributed by atoms with van der Waals surface area (Å²) in [5.41, 5.74) is 1.09. The van der Waals surface area contributed by atoms with Crippen molar-refractivity contribution in [1.82, 2.24) is 5.32 Å². The lowest BCUT2D eigenvalue weighted by Crippen LogP contribution is -2.31. The third-order valence-electron chi connectivity index (χ3n) is 2.88. The number of halogens is 2. The summed E-state index contributed by atoms with van der Waals surface area (Å²) in [6, 6.07) is 4.08. The molecular weight excluding hydrogens is 346 g/mol. The molecule has 0 saturated carbocycles. The second kappa shape index (κ2) is 10.3. The van der Waals surface area contributed by atoms with Crippen molar-refractivity contribution < 1.29 is 14.6 Å². The van der Waals surface area contributed by atoms with Gasteiger partial charge in [-0.3, -0.25) is 0 Å². The molecule has 0 radical (unpaired) electrons. The van der Waals surface area contributed by atoms with E-state index in [0.29, 0.717) is 18.9 Å². The molecule has 4 nitrogen and oxygen atoms in total. The van der Waals surface area contributed by atoms with Gasteiger partial charge in [-0.05, 0) is 47.0 Å². The van der Waals surface area contributed by atoms with Gasteiger partial charge >= 0.3 is 0 Å². The quantitative estimate of drug-likeness (QED) is 0.740. The van der Waals surface area contributed by atoms with Gasteiger partial charge in [-0.15, -0.1) is 12.4 Å². The van der Waals surface area contributed by atoms with Gasteiger partial charge in [-0.2, -0.15) is 0 Å². The van der Waals surface area contributed by atoms with Gasteiger partial charge in [0.05, 0.1) is 24.8 Å². The highest BCUT2D eigenvalue weighted by molar-refractivity contribution is 9.10. The van der Waals surface area contributed by atoms with E-state index in [2.05, 4.69) is 21.2 Å². The first-order valence-corrected chi connectivity index (χ1v) is 7.28. The average Bonchev–Trinajstić information content (AvgIpc) is 2.40. The molecule has 1 unspecified atom stereocenters. The molecule has 0 saturated heterocycles. The van der Waals surface area contributed by atoms with Gasteiger partial charge in [0, 0.05) is 12.6 Å². The van der Waals surface area contributed by atoms with E-state index in [0.717, 1.165) is 22.2 Å². The van der Waals surface area contributed by atoms with Gasteiger partial charge in [-0.25, -0.2) is 0 Å². The summed E-state index contributed by atoms with van der Waals surface area (Å²) in [7, 11) is 1.62. The Bertz CT molecular complexity index is 400. The van der Waals surface area contributed by atoms with Crippen molar-refractivity contribution in [3.8, 4) is 11.5 Å². The van der Waals surface area contributed by atoms with Crippen molar-refractivity contribution in [3.63, 3.8) is 0 Å². The maximum Gasteiger partial charge on any atom is 0.174 e. The molecule has 0 fully saturated rings. The minimum atomic E-state index is 0. The molecule has 0 amide bonds. The smallest absolute Gasteiger partial charge is 0.174 e. The summed E-state index contributed by atoms with van der Waals surface area (Å²) in [6.07, 6.45) is 0.895. The summed E-state index contributed by atoms with van der Waals surface area (Å²) in [4.78, 5) is 0. The average molecular weight is 369 g/mol. The first-order valence-electron chi connectivity index (χ1n) is 6.49. The molecule has 0 heterocycles. The van der Waals surface area contributed by atoms with Crippen molar-refractivity contribution >= 4 is 28.3 Å². The molecule has 1 rings (SSSR count). The van der Waals surface area contributed by atoms with Crippen molar-refractivity contribution in [3.05, 3.63) is 22.2 Å². The van der Waals surface area contributed by atoms with E-state index in [9.17, 15) is 0 Å². The molecule has 20 heavy (non-hydrogen) atoms. The largest absolute Gasteiger partial charge is 0.492 e. The molecule has 0 bridgehead atoms. The van der Waals surface area contributed by atoms with Crippen LogP contribution in [-0.4, -0.2) is 31.5 Å². The number of ether oxygens (including phenoxy) is 2. The van der Waals surface area contributed by atoms with Gasteiger partial charge in [0.25, 0.3) is 0 Å². The maximum atomic E-state index is 9.16. The van der Waals surface area contributed by atoms with Gasteiger partial charge in [0.15, 0.2) is 11.5 Å². The lowest BCUT2D eigenvalue weighted by atomic mass is 10.1. The molecule has 0 aromatic heterocycles. The van der Waals surface area contributed by atoms with E-state index >= 15 is 0 Å². The zero-order chi connectivity index (χ0) is 14.3. The first-order chi connectivity index (χ1) is 9.15. The summed E-state index contributed by atoms with van der Waals surface area (Å²) in [6.45, 7) is 5.41. The van der Waals surface area contributed by atoms with Crippen LogP contribution in [0.1, 0.15) is 25.8 Å². The predicted octanol–water partition coefficient (Wildman–Crippen LogP) is 3.14. The van der Waals surface area contributed by atoms with Crippen molar-refractivity contribution in [2.24, 2.45) is 0 Å². The Morgan fingerprint density at radius 1 is 1.35 bits per heavy atom. The van der Waals surface area contributed by atoms with Crippen LogP contribution in [0.25, 0.3) is 0 Å². The van der Waals surface area contributed by atoms with Crippen LogP contribution in [0.2, 0.25) is 0 Å². The molecule has 6 heteroatoms. The van der Waals surface area contributed by atoms with Crippen LogP contribution in [0, 0.1) is 0 Å². The molecule has 1 aromatic rings. The maximum absolute atomic E-state index is 9.16. The van der Waals surface area contributed by atoms with E-state index in [4.69, 9.17) is 14.6 Å². The first kappa shape index (κ1) is 19.5. The van der Waals surface area contributed by atoms with Crippen molar-refractivity contribution in [1.29, 1.82) is 0 Å². The van der Waals surface area contributed by atoms with Gasteiger partial charge in [0.2, 0.25) is 0 Å². The molecule has 0 aliphatic heterocycles. The van der Waals surface area contributed by atoms with Gasteiger partial charge in [-0.1, -0.05) is 6.92 Å². The van der Waals surface area contributed by atoms with Crippen LogP contribution in [0.3, 0.4) is 0 Å². The SMILES string of the molecule is CCOc1cc(CNC(CC)CO)cc(Br)c1OC.Cl. The van der Waals surface area contributed by atoms with Crippen LogP contribution in [0.15, 0.2) is 16.6 Å². The zero-order valence-electron chi connectivity index (χ0n) is 12.1. The van der Waals surface area contributed by atoms with Gasteiger partial charge < -0.3 is 19.9 Å². The summed E-state index contributed by atoms with van der Waals surface area (Å²) < 4.78 is 11.8. The van der Waals surface area contributed by atoms with Crippen molar-refractivity contribution in [2.45, 2.75) is 32.9 Å². The minimum absolute atomic E-state index is 0. The molecule has 0 aliphatic rings. The summed E-state index contributed by atoms with van der Waals surface area (Å²) >= 11 is 3.49. The highest BCUT2D eigenvalue weighted by atomic mass is 79.9. The van der Waals surface area contributed by atoms with Crippen LogP contribution >= 0.6 is 28.3 Å². The second-order valence-corrected chi connectivity index (χ2v) is 5.07. The van der Waals surface area contributed by atoms with E-state index in [1.54, 1.807) is 7.11 Å². The highest BCUT2D eigenvalue weighted by Crippen LogP contribution is 2.36. The number of nitrogens with one attached hydrogen (secondary N) is 1. The second-order valence-electron chi connectivity index (χ2n) is 4.21. The van der Waals surface area contributed by atoms with E-state index in [1.165, 1.54) is 0 Å². The summed E-state index contributed by atoms with van der Waals surface area (Å²) in [5, 5.41) is 12.5. The number of benzene rings is 1. The van der Waals surface area contributed by atoms with Crippen LogP contribution in [0.4, 0.5) is 0 Å². The number of rotatable bonds is 8. The van der Waals surface area contributed by atoms with E-state index < -0.39 is 0 Å². The molecule has 1 atom stereocenters. The Balaban J connectivity index is 0.00000361. The topological polar surface area (TPSA) is 50.7 Å². The molecule has 0 aliphatic carbocycles. The number of methoxy groups -OCH3 is 1. The number of aliphatic hydroxyl groups excluding tert-OH is 1. The standard InChI is InChI=1S/C14H22BrNO3.ClH/c1-4-11(9-17)16-8-10-6-12(15)14(18-3)13(7-10)19-5-2;/h6-7,11,16-17H,4-5,8-9H2,1-3H3;1H. The number of hydrogen-bond acceptors (Lipinski definition) is 4. The van der Waals surface area contributed by atoms with Crippen LogP contribution < -0.4 is 14.8 Å². The van der Waals surface area contributed by atoms with Crippen molar-refractivity contribution in [2.75, 3.05) is 20.3 Å². The lowest BCUT2D eigenvalue weighted by Gasteiger charge is -2.16. The number of aliphatic hydroxyl groups is 1. The Morgan fingerprint density at radius 3 is 2.55 bits per heavy atom. The Kier molecular flexibility index (Phi) is 10.0. The zero-order valence-corrected chi connectivity index (χ0v) is 14.5. The molecule has 116 valence electrons. The predicted molar refractivity (Wildman–Crippen MR) is 87.1 cm³/mol. The molecule has 1 aromatic carbocycles. The molecular formula is C14H23BrClNO3. The third kappa shape index (κ3) is 5.48. The Labute approximate surface area is 135 Å². The molecule has 0 spiro atoms. The Morgan fingerprint density at radius 2 is 2.05 bits per heavy atom. The fourth-order valence-electron chi connectivity index (χ4n) is 1.78. The van der Waals surface area contributed by atoms with Gasteiger partial charge in [0.1, 0.15) is 0 Å². The van der Waals surface area contributed by atoms with Crippen LogP contribution in [-0.2, 0) is 6.54 Å². The van der Waals surface area contributed by atoms with E-state index in [1.807, 2.05) is 26.0 Å². The Hall–Kier alpha value is -0.490. The molecule has 2 N–H and O–H groups in total. The summed E-state index contributed by atoms with van der Waals surface area (Å²) in [5.74, 6) is 1.44.